The van der Waals surface area contributed by atoms with Crippen molar-refractivity contribution < 1.29 is 4.79 Å². The highest BCUT2D eigenvalue weighted by Gasteiger charge is 2.12. The summed E-state index contributed by atoms with van der Waals surface area (Å²) in [5.41, 5.74) is 2.37. The minimum atomic E-state index is -0.221. The van der Waals surface area contributed by atoms with Gasteiger partial charge in [0.25, 0.3) is 11.7 Å². The van der Waals surface area contributed by atoms with Crippen LogP contribution in [0.3, 0.4) is 0 Å². The fourth-order valence-corrected chi connectivity index (χ4v) is 3.17. The van der Waals surface area contributed by atoms with Crippen LogP contribution in [0.25, 0.3) is 5.78 Å². The Labute approximate surface area is 155 Å². The maximum Gasteiger partial charge on any atom is 0.255 e. The molecule has 0 unspecified atom stereocenters. The van der Waals surface area contributed by atoms with Crippen molar-refractivity contribution in [3.63, 3.8) is 0 Å². The van der Waals surface area contributed by atoms with Gasteiger partial charge in [-0.1, -0.05) is 23.2 Å². The molecule has 3 rings (SSSR count). The molecule has 0 aliphatic carbocycles. The molecule has 25 heavy (non-hydrogen) atoms. The Kier molecular flexibility index (Phi) is 5.20. The van der Waals surface area contributed by atoms with Crippen LogP contribution in [-0.4, -0.2) is 32.0 Å². The largest absolute Gasteiger partial charge is 0.352 e. The van der Waals surface area contributed by atoms with E-state index in [1.165, 1.54) is 0 Å². The van der Waals surface area contributed by atoms with Crippen LogP contribution < -0.4 is 5.32 Å². The van der Waals surface area contributed by atoms with Crippen LogP contribution in [0.5, 0.6) is 0 Å². The second-order valence-corrected chi connectivity index (χ2v) is 6.62. The number of carbonyl (C=O) groups is 1. The van der Waals surface area contributed by atoms with E-state index in [0.717, 1.165) is 23.6 Å². The summed E-state index contributed by atoms with van der Waals surface area (Å²) in [7, 11) is 0. The van der Waals surface area contributed by atoms with E-state index >= 15 is 0 Å². The summed E-state index contributed by atoms with van der Waals surface area (Å²) in [6.07, 6.45) is 1.41. The number of carbonyl (C=O) groups excluding carboxylic acids is 1. The van der Waals surface area contributed by atoms with E-state index < -0.39 is 0 Å². The van der Waals surface area contributed by atoms with Gasteiger partial charge in [0.15, 0.2) is 0 Å². The van der Waals surface area contributed by atoms with Gasteiger partial charge in [-0.05, 0) is 44.5 Å². The molecule has 0 atom stereocenters. The molecular weight excluding hydrogens is 361 g/mol. The second-order valence-electron chi connectivity index (χ2n) is 5.77. The predicted octanol–water partition coefficient (Wildman–Crippen LogP) is 3.41. The van der Waals surface area contributed by atoms with E-state index in [-0.39, 0.29) is 5.91 Å². The summed E-state index contributed by atoms with van der Waals surface area (Å²) in [5, 5.41) is 12.0. The molecule has 0 aliphatic heterocycles. The monoisotopic (exact) mass is 377 g/mol. The minimum Gasteiger partial charge on any atom is -0.352 e. The number of hydrogen-bond acceptors (Lipinski definition) is 4. The van der Waals surface area contributed by atoms with E-state index in [9.17, 15) is 4.79 Å². The summed E-state index contributed by atoms with van der Waals surface area (Å²) in [5.74, 6) is 1.21. The molecule has 8 heteroatoms. The highest BCUT2D eigenvalue weighted by molar-refractivity contribution is 6.36. The van der Waals surface area contributed by atoms with Gasteiger partial charge in [0.1, 0.15) is 5.82 Å². The van der Waals surface area contributed by atoms with Gasteiger partial charge in [-0.25, -0.2) is 4.98 Å². The van der Waals surface area contributed by atoms with Crippen LogP contribution in [0.1, 0.15) is 34.0 Å². The topological polar surface area (TPSA) is 72.2 Å². The number of nitrogens with one attached hydrogen (secondary N) is 1. The first-order chi connectivity index (χ1) is 12.0. The molecule has 0 radical (unpaired) electrons. The van der Waals surface area contributed by atoms with Crippen LogP contribution in [-0.2, 0) is 6.42 Å². The standard InChI is InChI=1S/C17H17Cl2N5O/c1-10-8-11(2)24-15(22-23-17(24)21-10)4-3-7-20-16(25)13-6-5-12(18)9-14(13)19/h5-6,8-9H,3-4,7H2,1-2H3,(H,20,25). The van der Waals surface area contributed by atoms with E-state index in [4.69, 9.17) is 23.2 Å². The molecule has 1 aromatic carbocycles. The lowest BCUT2D eigenvalue weighted by Gasteiger charge is -2.07. The smallest absolute Gasteiger partial charge is 0.255 e. The van der Waals surface area contributed by atoms with Crippen molar-refractivity contribution in [3.8, 4) is 0 Å². The zero-order chi connectivity index (χ0) is 18.0. The Morgan fingerprint density at radius 1 is 1.20 bits per heavy atom. The molecular formula is C17H17Cl2N5O. The molecule has 0 bridgehead atoms. The van der Waals surface area contributed by atoms with Gasteiger partial charge < -0.3 is 5.32 Å². The number of hydrogen-bond donors (Lipinski definition) is 1. The highest BCUT2D eigenvalue weighted by Crippen LogP contribution is 2.20. The molecule has 6 nitrogen and oxygen atoms in total. The molecule has 1 N–H and O–H groups in total. The van der Waals surface area contributed by atoms with Gasteiger partial charge in [-0.3, -0.25) is 9.20 Å². The number of fused-ring (bicyclic) bond motifs is 1. The minimum absolute atomic E-state index is 0.221. The first-order valence-corrected chi connectivity index (χ1v) is 8.63. The lowest BCUT2D eigenvalue weighted by atomic mass is 10.2. The zero-order valence-corrected chi connectivity index (χ0v) is 15.4. The maximum atomic E-state index is 12.2. The molecule has 3 aromatic rings. The number of rotatable bonds is 5. The van der Waals surface area contributed by atoms with E-state index in [0.29, 0.717) is 34.4 Å². The maximum absolute atomic E-state index is 12.2. The third-order valence-electron chi connectivity index (χ3n) is 3.80. The van der Waals surface area contributed by atoms with Crippen LogP contribution in [0, 0.1) is 13.8 Å². The Balaban J connectivity index is 1.59. The Morgan fingerprint density at radius 2 is 2.00 bits per heavy atom. The molecule has 0 fully saturated rings. The van der Waals surface area contributed by atoms with Crippen LogP contribution >= 0.6 is 23.2 Å². The van der Waals surface area contributed by atoms with Gasteiger partial charge in [0.05, 0.1) is 10.6 Å². The number of halogens is 2. The highest BCUT2D eigenvalue weighted by atomic mass is 35.5. The summed E-state index contributed by atoms with van der Waals surface area (Å²) < 4.78 is 1.94. The predicted molar refractivity (Wildman–Crippen MR) is 97.4 cm³/mol. The molecule has 0 saturated carbocycles. The van der Waals surface area contributed by atoms with Gasteiger partial charge in [0.2, 0.25) is 0 Å². The summed E-state index contributed by atoms with van der Waals surface area (Å²) >= 11 is 11.9. The van der Waals surface area contributed by atoms with E-state index in [1.807, 2.05) is 24.3 Å². The van der Waals surface area contributed by atoms with E-state index in [2.05, 4.69) is 20.5 Å². The van der Waals surface area contributed by atoms with Crippen molar-refractivity contribution in [2.75, 3.05) is 6.54 Å². The summed E-state index contributed by atoms with van der Waals surface area (Å²) in [6.45, 7) is 4.43. The summed E-state index contributed by atoms with van der Waals surface area (Å²) in [4.78, 5) is 16.5. The van der Waals surface area contributed by atoms with Crippen LogP contribution in [0.4, 0.5) is 0 Å². The Morgan fingerprint density at radius 3 is 2.76 bits per heavy atom. The molecule has 130 valence electrons. The fraction of sp³-hybridized carbons (Fsp3) is 0.294. The molecule has 2 heterocycles. The van der Waals surface area contributed by atoms with Crippen molar-refractivity contribution in [1.82, 2.24) is 24.9 Å². The van der Waals surface area contributed by atoms with E-state index in [1.54, 1.807) is 18.2 Å². The first-order valence-electron chi connectivity index (χ1n) is 7.87. The molecule has 2 aromatic heterocycles. The van der Waals surface area contributed by atoms with Crippen LogP contribution in [0.2, 0.25) is 10.0 Å². The number of aromatic nitrogens is 4. The van der Waals surface area contributed by atoms with Gasteiger partial charge in [0, 0.05) is 29.4 Å². The fourth-order valence-electron chi connectivity index (χ4n) is 2.68. The SMILES string of the molecule is Cc1cc(C)n2c(CCCNC(=O)c3ccc(Cl)cc3Cl)nnc2n1. The number of benzene rings is 1. The molecule has 0 saturated heterocycles. The zero-order valence-electron chi connectivity index (χ0n) is 13.9. The van der Waals surface area contributed by atoms with Crippen molar-refractivity contribution in [2.24, 2.45) is 0 Å². The van der Waals surface area contributed by atoms with Gasteiger partial charge >= 0.3 is 0 Å². The number of amides is 1. The first kappa shape index (κ1) is 17.6. The van der Waals surface area contributed by atoms with Gasteiger partial charge in [-0.15, -0.1) is 10.2 Å². The van der Waals surface area contributed by atoms with Crippen LogP contribution in [0.15, 0.2) is 24.3 Å². The second kappa shape index (κ2) is 7.37. The molecule has 1 amide bonds. The normalized spacial score (nSPS) is 11.0. The lowest BCUT2D eigenvalue weighted by Crippen LogP contribution is -2.25. The number of aryl methyl sites for hydroxylation is 3. The van der Waals surface area contributed by atoms with Crippen molar-refractivity contribution >= 4 is 34.9 Å². The average Bonchev–Trinajstić information content (AvgIpc) is 2.94. The van der Waals surface area contributed by atoms with Gasteiger partial charge in [-0.2, -0.15) is 0 Å². The van der Waals surface area contributed by atoms with Crippen molar-refractivity contribution in [3.05, 3.63) is 57.1 Å². The molecule has 0 spiro atoms. The third-order valence-corrected chi connectivity index (χ3v) is 4.35. The van der Waals surface area contributed by atoms with Crippen molar-refractivity contribution in [1.29, 1.82) is 0 Å². The Bertz CT molecular complexity index is 938. The Hall–Kier alpha value is -2.18. The van der Waals surface area contributed by atoms with Crippen molar-refractivity contribution in [2.45, 2.75) is 26.7 Å². The quantitative estimate of drug-likeness (QED) is 0.691. The third kappa shape index (κ3) is 3.91. The average molecular weight is 378 g/mol. The summed E-state index contributed by atoms with van der Waals surface area (Å²) in [6, 6.07) is 6.80. The molecule has 0 aliphatic rings. The lowest BCUT2D eigenvalue weighted by molar-refractivity contribution is 0.0953. The number of nitrogens with zero attached hydrogens (tertiary/aromatic N) is 4.